The van der Waals surface area contributed by atoms with Crippen molar-refractivity contribution in [1.29, 1.82) is 5.26 Å². The molecule has 0 unspecified atom stereocenters. The van der Waals surface area contributed by atoms with Crippen molar-refractivity contribution in [1.82, 2.24) is 0 Å². The average molecular weight is 488 g/mol. The fourth-order valence-corrected chi connectivity index (χ4v) is 2.07. The van der Waals surface area contributed by atoms with Gasteiger partial charge < -0.3 is 10.6 Å². The van der Waals surface area contributed by atoms with E-state index in [1.165, 1.54) is 0 Å². The first-order valence-corrected chi connectivity index (χ1v) is 11.3. The summed E-state index contributed by atoms with van der Waals surface area (Å²) >= 11 is 5.88. The van der Waals surface area contributed by atoms with Gasteiger partial charge in [-0.1, -0.05) is 64.4 Å². The number of nitriles is 1. The molecule has 0 saturated heterocycles. The molecule has 0 amide bonds. The number of halogens is 1. The normalized spacial score (nSPS) is 9.35. The van der Waals surface area contributed by atoms with Gasteiger partial charge in [-0.25, -0.2) is 0 Å². The van der Waals surface area contributed by atoms with E-state index in [-0.39, 0.29) is 11.2 Å². The van der Waals surface area contributed by atoms with E-state index in [2.05, 4.69) is 18.0 Å². The molecular formula is C28H42ClN3O2. The van der Waals surface area contributed by atoms with Gasteiger partial charge in [-0.3, -0.25) is 4.79 Å². The van der Waals surface area contributed by atoms with Crippen LogP contribution in [0, 0.1) is 30.6 Å². The van der Waals surface area contributed by atoms with Gasteiger partial charge in [0.05, 0.1) is 10.6 Å². The predicted molar refractivity (Wildman–Crippen MR) is 149 cm³/mol. The Balaban J connectivity index is -0.000000406. The molecule has 0 spiro atoms. The molecule has 0 aliphatic rings. The summed E-state index contributed by atoms with van der Waals surface area (Å²) in [5, 5.41) is 9.18. The lowest BCUT2D eigenvalue weighted by molar-refractivity contribution is -0.124. The number of Topliss-reactive ketones (excluding diaryl/α,β-unsaturated/α-hetero) is 1. The van der Waals surface area contributed by atoms with E-state index >= 15 is 0 Å². The van der Waals surface area contributed by atoms with Crippen LogP contribution in [0.3, 0.4) is 0 Å². The van der Waals surface area contributed by atoms with Crippen molar-refractivity contribution in [2.75, 3.05) is 5.73 Å². The van der Waals surface area contributed by atoms with Crippen molar-refractivity contribution in [3.8, 4) is 11.8 Å². The van der Waals surface area contributed by atoms with Gasteiger partial charge in [0, 0.05) is 16.7 Å². The van der Waals surface area contributed by atoms with Crippen molar-refractivity contribution in [3.05, 3.63) is 76.8 Å². The molecule has 188 valence electrons. The molecule has 0 radical (unpaired) electrons. The molecule has 2 aromatic rings. The Morgan fingerprint density at radius 1 is 1.15 bits per heavy atom. The maximum atomic E-state index is 10.5. The van der Waals surface area contributed by atoms with Gasteiger partial charge in [0.2, 0.25) is 0 Å². The van der Waals surface area contributed by atoms with Crippen molar-refractivity contribution in [2.45, 2.75) is 62.3 Å². The number of hydrogen-bond donors (Lipinski definition) is 2. The van der Waals surface area contributed by atoms with E-state index in [4.69, 9.17) is 28.5 Å². The molecule has 6 heteroatoms. The number of carbonyl (C=O) groups excluding carboxylic acids is 1. The van der Waals surface area contributed by atoms with Gasteiger partial charge in [-0.2, -0.15) is 11.2 Å². The van der Waals surface area contributed by atoms with E-state index in [9.17, 15) is 4.79 Å². The third-order valence-corrected chi connectivity index (χ3v) is 4.86. The van der Waals surface area contributed by atoms with Crippen LogP contribution in [0.25, 0.3) is 6.08 Å². The summed E-state index contributed by atoms with van der Waals surface area (Å²) < 4.78 is 0. The Bertz CT molecular complexity index is 940. The molecule has 4 N–H and O–H groups in total. The van der Waals surface area contributed by atoms with Gasteiger partial charge in [0.25, 0.3) is 0 Å². The molecule has 5 nitrogen and oxygen atoms in total. The standard InChI is InChI=1S/C9H8ClN.C9H12N2O.C6H12O.C2H6.C2H4/c1-6-3-4-8(5-11)9(10)7(6)2;1-2-3-7-6-8(12-11)4-5-9(7)10;1-5(7)6(2,3)4;2*1-2/h3-4H,1-2H3;2-6H,10-11H2,1H3;1-4H3;1-2H3;1-2H2/b;3-2-;;;. The number of hydrogen-bond acceptors (Lipinski definition) is 5. The zero-order valence-electron chi connectivity index (χ0n) is 22.3. The lowest BCUT2D eigenvalue weighted by Crippen LogP contribution is -2.15. The van der Waals surface area contributed by atoms with Crippen LogP contribution in [0.1, 0.15) is 70.7 Å². The number of carbonyl (C=O) groups is 1. The first kappa shape index (κ1) is 35.5. The summed E-state index contributed by atoms with van der Waals surface area (Å²) in [4.78, 5) is 15.0. The molecule has 0 fully saturated rings. The van der Waals surface area contributed by atoms with Crippen LogP contribution < -0.4 is 16.5 Å². The van der Waals surface area contributed by atoms with Crippen LogP contribution in [0.5, 0.6) is 5.75 Å². The molecule has 0 aliphatic heterocycles. The number of anilines is 1. The average Bonchev–Trinajstić information content (AvgIpc) is 2.82. The lowest BCUT2D eigenvalue weighted by Gasteiger charge is -2.11. The zero-order valence-corrected chi connectivity index (χ0v) is 23.0. The van der Waals surface area contributed by atoms with Crippen LogP contribution in [-0.4, -0.2) is 5.78 Å². The molecule has 0 aromatic heterocycles. The minimum atomic E-state index is -0.139. The number of allylic oxidation sites excluding steroid dienone is 1. The molecule has 0 heterocycles. The van der Waals surface area contributed by atoms with Crippen molar-refractivity contribution < 1.29 is 9.63 Å². The maximum Gasteiger partial charge on any atom is 0.147 e. The van der Waals surface area contributed by atoms with Crippen LogP contribution in [-0.2, 0) is 4.79 Å². The van der Waals surface area contributed by atoms with E-state index in [1.54, 1.807) is 31.2 Å². The van der Waals surface area contributed by atoms with Gasteiger partial charge in [-0.15, -0.1) is 13.2 Å². The van der Waals surface area contributed by atoms with Gasteiger partial charge in [0.1, 0.15) is 17.6 Å². The van der Waals surface area contributed by atoms with Crippen LogP contribution in [0.15, 0.2) is 49.6 Å². The van der Waals surface area contributed by atoms with E-state index in [1.807, 2.05) is 79.7 Å². The van der Waals surface area contributed by atoms with E-state index in [0.717, 1.165) is 16.7 Å². The Labute approximate surface area is 212 Å². The Hall–Kier alpha value is -3.07. The Kier molecular flexibility index (Phi) is 20.3. The molecule has 0 saturated carbocycles. The molecular weight excluding hydrogens is 446 g/mol. The van der Waals surface area contributed by atoms with Crippen LogP contribution in [0.2, 0.25) is 5.02 Å². The SMILES string of the molecule is C/C=C\c1cc(ON)ccc1N.C=C.CC.CC(=O)C(C)(C)C.Cc1ccc(C#N)c(Cl)c1C. The smallest absolute Gasteiger partial charge is 0.147 e. The first-order valence-electron chi connectivity index (χ1n) is 10.9. The third kappa shape index (κ3) is 14.2. The van der Waals surface area contributed by atoms with Gasteiger partial charge >= 0.3 is 0 Å². The molecule has 0 atom stereocenters. The fraction of sp³-hybridized carbons (Fsp3) is 0.357. The second-order valence-electron chi connectivity index (χ2n) is 7.70. The Morgan fingerprint density at radius 2 is 1.65 bits per heavy atom. The number of nitrogens with zero attached hydrogens (tertiary/aromatic N) is 1. The van der Waals surface area contributed by atoms with E-state index in [0.29, 0.717) is 22.0 Å². The van der Waals surface area contributed by atoms with Crippen LogP contribution >= 0.6 is 11.6 Å². The number of nitrogen functional groups attached to an aromatic ring is 1. The third-order valence-electron chi connectivity index (χ3n) is 4.37. The molecule has 34 heavy (non-hydrogen) atoms. The molecule has 2 aromatic carbocycles. The topological polar surface area (TPSA) is 102 Å². The summed E-state index contributed by atoms with van der Waals surface area (Å²) in [5.41, 5.74) is 9.84. The highest BCUT2D eigenvalue weighted by Crippen LogP contribution is 2.22. The van der Waals surface area contributed by atoms with Crippen molar-refractivity contribution in [2.24, 2.45) is 11.3 Å². The number of benzene rings is 2. The minimum absolute atomic E-state index is 0.139. The first-order chi connectivity index (χ1) is 15.9. The zero-order chi connectivity index (χ0) is 27.5. The van der Waals surface area contributed by atoms with Crippen LogP contribution in [0.4, 0.5) is 5.69 Å². The Morgan fingerprint density at radius 3 is 2.03 bits per heavy atom. The quantitative estimate of drug-likeness (QED) is 0.255. The summed E-state index contributed by atoms with van der Waals surface area (Å²) in [6.07, 6.45) is 3.81. The highest BCUT2D eigenvalue weighted by atomic mass is 35.5. The van der Waals surface area contributed by atoms with Crippen molar-refractivity contribution >= 4 is 29.1 Å². The molecule has 0 aliphatic carbocycles. The largest absolute Gasteiger partial charge is 0.412 e. The summed E-state index contributed by atoms with van der Waals surface area (Å²) in [6, 6.07) is 10.9. The highest BCUT2D eigenvalue weighted by Gasteiger charge is 2.14. The summed E-state index contributed by atoms with van der Waals surface area (Å²) in [5.74, 6) is 5.85. The number of aryl methyl sites for hydroxylation is 1. The minimum Gasteiger partial charge on any atom is -0.412 e. The summed E-state index contributed by atoms with van der Waals surface area (Å²) in [6.45, 7) is 23.2. The second-order valence-corrected chi connectivity index (χ2v) is 8.07. The summed E-state index contributed by atoms with van der Waals surface area (Å²) in [7, 11) is 0. The van der Waals surface area contributed by atoms with Gasteiger partial charge in [0.15, 0.2) is 0 Å². The number of nitrogens with two attached hydrogens (primary N) is 2. The molecule has 0 bridgehead atoms. The van der Waals surface area contributed by atoms with E-state index < -0.39 is 0 Å². The lowest BCUT2D eigenvalue weighted by atomic mass is 9.92. The highest BCUT2D eigenvalue weighted by molar-refractivity contribution is 6.32. The second kappa shape index (κ2) is 19.4. The fourth-order valence-electron chi connectivity index (χ4n) is 1.82. The maximum absolute atomic E-state index is 10.5. The predicted octanol–water partition coefficient (Wildman–Crippen LogP) is 7.83. The monoisotopic (exact) mass is 487 g/mol. The number of rotatable bonds is 2. The molecule has 2 rings (SSSR count). The van der Waals surface area contributed by atoms with Gasteiger partial charge in [-0.05, 0) is 63.1 Å². The van der Waals surface area contributed by atoms with Crippen molar-refractivity contribution in [3.63, 3.8) is 0 Å². The number of ketones is 1.